The maximum Gasteiger partial charge on any atom is 0.335 e. The van der Waals surface area contributed by atoms with Crippen LogP contribution in [0.3, 0.4) is 0 Å². The molecule has 0 spiro atoms. The predicted octanol–water partition coefficient (Wildman–Crippen LogP) is 3.07. The van der Waals surface area contributed by atoms with E-state index in [0.29, 0.717) is 12.1 Å². The SMILES string of the molecule is Cc1ncc(CNc2ccc(C(=O)O)cc2C)s1. The second kappa shape index (κ2) is 5.18. The minimum Gasteiger partial charge on any atom is -0.478 e. The Labute approximate surface area is 109 Å². The van der Waals surface area contributed by atoms with Gasteiger partial charge >= 0.3 is 5.97 Å². The van der Waals surface area contributed by atoms with Crippen molar-refractivity contribution in [3.8, 4) is 0 Å². The number of nitrogens with one attached hydrogen (secondary N) is 1. The summed E-state index contributed by atoms with van der Waals surface area (Å²) < 4.78 is 0. The molecule has 0 saturated carbocycles. The molecule has 0 atom stereocenters. The maximum absolute atomic E-state index is 10.8. The van der Waals surface area contributed by atoms with Gasteiger partial charge in [-0.05, 0) is 37.6 Å². The number of hydrogen-bond acceptors (Lipinski definition) is 4. The van der Waals surface area contributed by atoms with Crippen LogP contribution >= 0.6 is 11.3 Å². The topological polar surface area (TPSA) is 62.2 Å². The van der Waals surface area contributed by atoms with Crippen molar-refractivity contribution in [3.05, 3.63) is 45.4 Å². The Morgan fingerprint density at radius 3 is 2.78 bits per heavy atom. The Hall–Kier alpha value is -1.88. The third-order valence-corrected chi connectivity index (χ3v) is 3.51. The molecule has 1 heterocycles. The van der Waals surface area contributed by atoms with Gasteiger partial charge in [0.2, 0.25) is 0 Å². The molecule has 0 unspecified atom stereocenters. The molecule has 4 nitrogen and oxygen atoms in total. The van der Waals surface area contributed by atoms with Gasteiger partial charge in [-0.3, -0.25) is 0 Å². The predicted molar refractivity (Wildman–Crippen MR) is 72.3 cm³/mol. The van der Waals surface area contributed by atoms with Crippen LogP contribution in [0.5, 0.6) is 0 Å². The second-order valence-electron chi connectivity index (χ2n) is 4.03. The first kappa shape index (κ1) is 12.6. The largest absolute Gasteiger partial charge is 0.478 e. The van der Waals surface area contributed by atoms with Gasteiger partial charge in [-0.2, -0.15) is 0 Å². The van der Waals surface area contributed by atoms with Crippen LogP contribution in [-0.2, 0) is 6.54 Å². The Morgan fingerprint density at radius 1 is 1.44 bits per heavy atom. The van der Waals surface area contributed by atoms with Gasteiger partial charge in [0.1, 0.15) is 0 Å². The maximum atomic E-state index is 10.8. The minimum absolute atomic E-state index is 0.312. The summed E-state index contributed by atoms with van der Waals surface area (Å²) >= 11 is 1.65. The standard InChI is InChI=1S/C13H14N2O2S/c1-8-5-10(13(16)17)3-4-12(8)15-7-11-6-14-9(2)18-11/h3-6,15H,7H2,1-2H3,(H,16,17). The van der Waals surface area contributed by atoms with E-state index in [1.807, 2.05) is 20.0 Å². The first-order valence-corrected chi connectivity index (χ1v) is 6.37. The van der Waals surface area contributed by atoms with Gasteiger partial charge in [-0.25, -0.2) is 9.78 Å². The summed E-state index contributed by atoms with van der Waals surface area (Å²) in [6.07, 6.45) is 1.86. The molecule has 2 N–H and O–H groups in total. The van der Waals surface area contributed by atoms with Gasteiger partial charge in [0, 0.05) is 16.8 Å². The quantitative estimate of drug-likeness (QED) is 0.889. The molecular weight excluding hydrogens is 248 g/mol. The number of carboxylic acids is 1. The van der Waals surface area contributed by atoms with Crippen molar-refractivity contribution in [2.45, 2.75) is 20.4 Å². The van der Waals surface area contributed by atoms with E-state index < -0.39 is 5.97 Å². The third-order valence-electron chi connectivity index (χ3n) is 2.60. The number of hydrogen-bond donors (Lipinski definition) is 2. The van der Waals surface area contributed by atoms with Crippen molar-refractivity contribution >= 4 is 23.0 Å². The van der Waals surface area contributed by atoms with Crippen LogP contribution < -0.4 is 5.32 Å². The smallest absolute Gasteiger partial charge is 0.335 e. The number of carbonyl (C=O) groups is 1. The lowest BCUT2D eigenvalue weighted by molar-refractivity contribution is 0.0697. The number of nitrogens with zero attached hydrogens (tertiary/aromatic N) is 1. The van der Waals surface area contributed by atoms with E-state index in [4.69, 9.17) is 5.11 Å². The molecule has 2 rings (SSSR count). The Morgan fingerprint density at radius 2 is 2.22 bits per heavy atom. The normalized spacial score (nSPS) is 10.3. The molecule has 0 radical (unpaired) electrons. The molecule has 2 aromatic rings. The van der Waals surface area contributed by atoms with Crippen molar-refractivity contribution < 1.29 is 9.90 Å². The van der Waals surface area contributed by atoms with Crippen molar-refractivity contribution in [3.63, 3.8) is 0 Å². The van der Waals surface area contributed by atoms with Crippen LogP contribution in [0.15, 0.2) is 24.4 Å². The fourth-order valence-corrected chi connectivity index (χ4v) is 2.40. The Bertz CT molecular complexity index is 578. The average molecular weight is 262 g/mol. The van der Waals surface area contributed by atoms with Crippen molar-refractivity contribution in [2.24, 2.45) is 0 Å². The summed E-state index contributed by atoms with van der Waals surface area (Å²) in [7, 11) is 0. The second-order valence-corrected chi connectivity index (χ2v) is 5.35. The molecule has 0 aliphatic rings. The lowest BCUT2D eigenvalue weighted by Crippen LogP contribution is -2.02. The lowest BCUT2D eigenvalue weighted by Gasteiger charge is -2.08. The number of aryl methyl sites for hydroxylation is 2. The van der Waals surface area contributed by atoms with Crippen LogP contribution in [0.2, 0.25) is 0 Å². The van der Waals surface area contributed by atoms with Crippen molar-refractivity contribution in [1.29, 1.82) is 0 Å². The van der Waals surface area contributed by atoms with E-state index >= 15 is 0 Å². The van der Waals surface area contributed by atoms with E-state index in [1.165, 1.54) is 0 Å². The van der Waals surface area contributed by atoms with Crippen LogP contribution in [0.25, 0.3) is 0 Å². The van der Waals surface area contributed by atoms with Gasteiger partial charge in [-0.1, -0.05) is 0 Å². The fraction of sp³-hybridized carbons (Fsp3) is 0.231. The number of carboxylic acid groups (broad SMARTS) is 1. The Kier molecular flexibility index (Phi) is 3.62. The molecule has 94 valence electrons. The number of thiazole rings is 1. The van der Waals surface area contributed by atoms with Gasteiger partial charge in [-0.15, -0.1) is 11.3 Å². The minimum atomic E-state index is -0.900. The average Bonchev–Trinajstić information content (AvgIpc) is 2.73. The Balaban J connectivity index is 2.08. The lowest BCUT2D eigenvalue weighted by atomic mass is 10.1. The highest BCUT2D eigenvalue weighted by Crippen LogP contribution is 2.19. The first-order valence-electron chi connectivity index (χ1n) is 5.55. The molecule has 0 aliphatic carbocycles. The monoisotopic (exact) mass is 262 g/mol. The summed E-state index contributed by atoms with van der Waals surface area (Å²) in [6, 6.07) is 5.07. The van der Waals surface area contributed by atoms with Crippen LogP contribution in [0, 0.1) is 13.8 Å². The molecule has 0 amide bonds. The molecular formula is C13H14N2O2S. The summed E-state index contributed by atoms with van der Waals surface area (Å²) in [5, 5.41) is 13.2. The zero-order valence-corrected chi connectivity index (χ0v) is 11.0. The number of rotatable bonds is 4. The summed E-state index contributed by atoms with van der Waals surface area (Å²) in [5.74, 6) is -0.900. The van der Waals surface area contributed by atoms with Gasteiger partial charge < -0.3 is 10.4 Å². The van der Waals surface area contributed by atoms with Crippen LogP contribution in [-0.4, -0.2) is 16.1 Å². The fourth-order valence-electron chi connectivity index (χ4n) is 1.66. The number of benzene rings is 1. The van der Waals surface area contributed by atoms with Gasteiger partial charge in [0.05, 0.1) is 17.1 Å². The van der Waals surface area contributed by atoms with E-state index in [-0.39, 0.29) is 0 Å². The number of anilines is 1. The molecule has 1 aromatic heterocycles. The summed E-state index contributed by atoms with van der Waals surface area (Å²) in [5.41, 5.74) is 2.19. The highest BCUT2D eigenvalue weighted by atomic mass is 32.1. The molecule has 0 saturated heterocycles. The summed E-state index contributed by atoms with van der Waals surface area (Å²) in [6.45, 7) is 4.58. The molecule has 0 aliphatic heterocycles. The van der Waals surface area contributed by atoms with Crippen molar-refractivity contribution in [2.75, 3.05) is 5.32 Å². The molecule has 0 fully saturated rings. The van der Waals surface area contributed by atoms with E-state index in [0.717, 1.165) is 21.1 Å². The molecule has 1 aromatic carbocycles. The first-order chi connectivity index (χ1) is 8.56. The van der Waals surface area contributed by atoms with Gasteiger partial charge in [0.15, 0.2) is 0 Å². The van der Waals surface area contributed by atoms with E-state index in [1.54, 1.807) is 29.5 Å². The van der Waals surface area contributed by atoms with Crippen molar-refractivity contribution in [1.82, 2.24) is 4.98 Å². The van der Waals surface area contributed by atoms with Crippen LogP contribution in [0.4, 0.5) is 5.69 Å². The highest BCUT2D eigenvalue weighted by molar-refractivity contribution is 7.11. The zero-order valence-electron chi connectivity index (χ0n) is 10.2. The van der Waals surface area contributed by atoms with E-state index in [2.05, 4.69) is 10.3 Å². The zero-order chi connectivity index (χ0) is 13.1. The summed E-state index contributed by atoms with van der Waals surface area (Å²) in [4.78, 5) is 16.2. The highest BCUT2D eigenvalue weighted by Gasteiger charge is 2.06. The number of aromatic carboxylic acids is 1. The molecule has 5 heteroatoms. The molecule has 0 bridgehead atoms. The number of aromatic nitrogens is 1. The molecule has 18 heavy (non-hydrogen) atoms. The third kappa shape index (κ3) is 2.87. The van der Waals surface area contributed by atoms with Gasteiger partial charge in [0.25, 0.3) is 0 Å². The van der Waals surface area contributed by atoms with Crippen LogP contribution in [0.1, 0.15) is 25.8 Å². The van der Waals surface area contributed by atoms with E-state index in [9.17, 15) is 4.79 Å².